The lowest BCUT2D eigenvalue weighted by atomic mass is 9.71. The van der Waals surface area contributed by atoms with E-state index in [1.165, 1.54) is 0 Å². The molecule has 0 aromatic carbocycles. The van der Waals surface area contributed by atoms with Crippen molar-refractivity contribution < 1.29 is 14.3 Å². The van der Waals surface area contributed by atoms with Gasteiger partial charge < -0.3 is 14.4 Å². The van der Waals surface area contributed by atoms with Gasteiger partial charge in [-0.3, -0.25) is 9.59 Å². The minimum absolute atomic E-state index is 0.0161. The average Bonchev–Trinajstić information content (AvgIpc) is 2.54. The van der Waals surface area contributed by atoms with Crippen LogP contribution < -0.4 is 4.72 Å². The Morgan fingerprint density at radius 2 is 1.80 bits per heavy atom. The summed E-state index contributed by atoms with van der Waals surface area (Å²) < 4.78 is 8.42. The Bertz CT molecular complexity index is 450. The van der Waals surface area contributed by atoms with Crippen molar-refractivity contribution in [3.63, 3.8) is 0 Å². The summed E-state index contributed by atoms with van der Waals surface area (Å²) in [7, 11) is 1.61. The number of carbonyl (C=O) groups is 2. The highest BCUT2D eigenvalue weighted by molar-refractivity contribution is 8.69. The average molecular weight is 411 g/mol. The number of nitrogens with zero attached hydrogens (tertiary/aromatic N) is 1. The first-order chi connectivity index (χ1) is 11.6. The van der Waals surface area contributed by atoms with Gasteiger partial charge in [0.2, 0.25) is 11.8 Å². The Labute approximate surface area is 164 Å². The van der Waals surface area contributed by atoms with Crippen LogP contribution in [0.4, 0.5) is 0 Å². The van der Waals surface area contributed by atoms with Gasteiger partial charge >= 0.3 is 0 Å². The van der Waals surface area contributed by atoms with E-state index in [4.69, 9.17) is 4.74 Å². The SMILES string of the molecule is C[SH](C)NC(=O)CCOCCC(=O)N1CCC(C)(C(C)(C)SS)CC1. The summed E-state index contributed by atoms with van der Waals surface area (Å²) in [4.78, 5) is 25.8. The molecule has 1 aliphatic heterocycles. The second kappa shape index (κ2) is 10.3. The molecule has 1 rings (SSSR count). The number of nitrogens with one attached hydrogen (secondary N) is 1. The molecule has 0 atom stereocenters. The van der Waals surface area contributed by atoms with Gasteiger partial charge in [0, 0.05) is 17.8 Å². The molecule has 0 aliphatic carbocycles. The van der Waals surface area contributed by atoms with Crippen LogP contribution in [0.15, 0.2) is 0 Å². The molecule has 1 N–H and O–H groups in total. The normalized spacial score (nSPS) is 18.0. The standard InChI is InChI=1S/C17H34N2O3S3/c1-16(2,24-23)17(3)8-10-19(11-9-17)15(21)7-13-22-12-6-14(20)18-25(4)5/h23,25H,6-13H2,1-5H3,(H,18,20). The quantitative estimate of drug-likeness (QED) is 0.311. The molecule has 0 aromatic rings. The molecule has 0 saturated carbocycles. The van der Waals surface area contributed by atoms with Crippen molar-refractivity contribution in [1.82, 2.24) is 9.62 Å². The highest BCUT2D eigenvalue weighted by Gasteiger charge is 2.43. The Kier molecular flexibility index (Phi) is 9.50. The topological polar surface area (TPSA) is 58.6 Å². The number of rotatable bonds is 9. The maximum Gasteiger partial charge on any atom is 0.230 e. The predicted molar refractivity (Wildman–Crippen MR) is 114 cm³/mol. The minimum Gasteiger partial charge on any atom is -0.380 e. The molecule has 2 amide bonds. The van der Waals surface area contributed by atoms with E-state index in [9.17, 15) is 9.59 Å². The number of amides is 2. The van der Waals surface area contributed by atoms with Gasteiger partial charge in [-0.2, -0.15) is 11.1 Å². The molecular weight excluding hydrogens is 376 g/mol. The van der Waals surface area contributed by atoms with Crippen LogP contribution in [0, 0.1) is 5.41 Å². The van der Waals surface area contributed by atoms with Crippen molar-refractivity contribution in [2.24, 2.45) is 5.41 Å². The lowest BCUT2D eigenvalue weighted by Gasteiger charge is -2.48. The molecule has 25 heavy (non-hydrogen) atoms. The summed E-state index contributed by atoms with van der Waals surface area (Å²) in [6.07, 6.45) is 6.72. The molecule has 1 saturated heterocycles. The smallest absolute Gasteiger partial charge is 0.230 e. The zero-order valence-electron chi connectivity index (χ0n) is 16.1. The van der Waals surface area contributed by atoms with Gasteiger partial charge in [-0.25, -0.2) is 0 Å². The Morgan fingerprint density at radius 3 is 2.32 bits per heavy atom. The Hall–Kier alpha value is -0.0500. The summed E-state index contributed by atoms with van der Waals surface area (Å²) >= 11 is 4.00. The van der Waals surface area contributed by atoms with Crippen molar-refractivity contribution in [1.29, 1.82) is 0 Å². The van der Waals surface area contributed by atoms with Gasteiger partial charge in [0.15, 0.2) is 0 Å². The van der Waals surface area contributed by atoms with Gasteiger partial charge in [0.05, 0.1) is 26.1 Å². The van der Waals surface area contributed by atoms with E-state index >= 15 is 0 Å². The molecular formula is C17H34N2O3S3. The maximum absolute atomic E-state index is 12.3. The summed E-state index contributed by atoms with van der Waals surface area (Å²) in [5.74, 6) is 0.163. The minimum atomic E-state index is -0.423. The van der Waals surface area contributed by atoms with E-state index in [1.807, 2.05) is 17.4 Å². The summed E-state index contributed by atoms with van der Waals surface area (Å²) in [6.45, 7) is 9.10. The van der Waals surface area contributed by atoms with Gasteiger partial charge in [0.25, 0.3) is 0 Å². The fraction of sp³-hybridized carbons (Fsp3) is 0.882. The van der Waals surface area contributed by atoms with Crippen LogP contribution in [-0.2, 0) is 14.3 Å². The molecule has 1 heterocycles. The van der Waals surface area contributed by atoms with Crippen molar-refractivity contribution in [2.75, 3.05) is 38.8 Å². The van der Waals surface area contributed by atoms with Crippen molar-refractivity contribution in [3.05, 3.63) is 0 Å². The molecule has 8 heteroatoms. The van der Waals surface area contributed by atoms with Crippen LogP contribution in [0.25, 0.3) is 0 Å². The van der Waals surface area contributed by atoms with E-state index in [-0.39, 0.29) is 22.0 Å². The zero-order valence-corrected chi connectivity index (χ0v) is 18.7. The van der Waals surface area contributed by atoms with E-state index in [0.29, 0.717) is 26.1 Å². The van der Waals surface area contributed by atoms with Gasteiger partial charge in [-0.05, 0) is 44.6 Å². The number of hydrogen-bond acceptors (Lipinski definition) is 5. The fourth-order valence-electron chi connectivity index (χ4n) is 2.85. The summed E-state index contributed by atoms with van der Waals surface area (Å²) in [5.41, 5.74) is 0.192. The third-order valence-corrected chi connectivity index (χ3v) is 8.20. The first-order valence-electron chi connectivity index (χ1n) is 8.76. The number of ether oxygens (including phenoxy) is 1. The van der Waals surface area contributed by atoms with Gasteiger partial charge in [-0.15, -0.1) is 11.7 Å². The number of thiol groups is 2. The largest absolute Gasteiger partial charge is 0.380 e. The highest BCUT2D eigenvalue weighted by Crippen LogP contribution is 2.49. The van der Waals surface area contributed by atoms with Crippen LogP contribution in [0.2, 0.25) is 0 Å². The van der Waals surface area contributed by atoms with E-state index in [1.54, 1.807) is 10.8 Å². The third kappa shape index (κ3) is 7.23. The fourth-order valence-corrected chi connectivity index (χ4v) is 4.55. The molecule has 1 aliphatic rings. The zero-order chi connectivity index (χ0) is 19.1. The Balaban J connectivity index is 2.24. The van der Waals surface area contributed by atoms with E-state index in [0.717, 1.165) is 25.9 Å². The summed E-state index contributed by atoms with van der Waals surface area (Å²) in [5, 5.41) is 0. The molecule has 0 unspecified atom stereocenters. The summed E-state index contributed by atoms with van der Waals surface area (Å²) in [6, 6.07) is 0. The van der Waals surface area contributed by atoms with Crippen molar-refractivity contribution in [2.45, 2.75) is 51.2 Å². The van der Waals surface area contributed by atoms with Gasteiger partial charge in [-0.1, -0.05) is 17.7 Å². The highest BCUT2D eigenvalue weighted by atomic mass is 33.1. The maximum atomic E-state index is 12.3. The molecule has 0 radical (unpaired) electrons. The number of carbonyl (C=O) groups excluding carboxylic acids is 2. The molecule has 148 valence electrons. The Morgan fingerprint density at radius 1 is 1.24 bits per heavy atom. The first-order valence-corrected chi connectivity index (χ1v) is 12.9. The number of piperidine rings is 1. The van der Waals surface area contributed by atoms with Crippen LogP contribution in [0.3, 0.4) is 0 Å². The second-order valence-corrected chi connectivity index (χ2v) is 11.3. The molecule has 0 spiro atoms. The number of likely N-dealkylation sites (tertiary alicyclic amines) is 1. The van der Waals surface area contributed by atoms with Crippen LogP contribution in [0.5, 0.6) is 0 Å². The monoisotopic (exact) mass is 410 g/mol. The van der Waals surface area contributed by atoms with Crippen LogP contribution >= 0.6 is 33.5 Å². The van der Waals surface area contributed by atoms with Crippen LogP contribution in [0.1, 0.15) is 46.5 Å². The van der Waals surface area contributed by atoms with Crippen molar-refractivity contribution >= 4 is 45.4 Å². The van der Waals surface area contributed by atoms with E-state index < -0.39 is 11.1 Å². The van der Waals surface area contributed by atoms with Crippen LogP contribution in [-0.4, -0.2) is 60.3 Å². The number of hydrogen-bond donors (Lipinski definition) is 3. The molecule has 0 bridgehead atoms. The van der Waals surface area contributed by atoms with E-state index in [2.05, 4.69) is 37.2 Å². The molecule has 0 aromatic heterocycles. The predicted octanol–water partition coefficient (Wildman–Crippen LogP) is 3.06. The van der Waals surface area contributed by atoms with Crippen molar-refractivity contribution in [3.8, 4) is 0 Å². The second-order valence-electron chi connectivity index (χ2n) is 7.58. The lowest BCUT2D eigenvalue weighted by molar-refractivity contribution is -0.134. The molecule has 1 fully saturated rings. The lowest BCUT2D eigenvalue weighted by Crippen LogP contribution is -2.49. The molecule has 5 nitrogen and oxygen atoms in total. The third-order valence-electron chi connectivity index (χ3n) is 5.18. The first kappa shape index (κ1) is 23.0. The van der Waals surface area contributed by atoms with Gasteiger partial charge in [0.1, 0.15) is 0 Å².